The minimum absolute atomic E-state index is 0.0763. The lowest BCUT2D eigenvalue weighted by Crippen LogP contribution is -2.32. The number of benzene rings is 1. The maximum atomic E-state index is 13.6. The Morgan fingerprint density at radius 3 is 2.62 bits per heavy atom. The number of nitrogens with zero attached hydrogens (tertiary/aromatic N) is 5. The van der Waals surface area contributed by atoms with Crippen LogP contribution in [0.2, 0.25) is 0 Å². The molecule has 164 valence electrons. The van der Waals surface area contributed by atoms with Gasteiger partial charge in [0.25, 0.3) is 5.91 Å². The van der Waals surface area contributed by atoms with E-state index in [1.54, 1.807) is 4.68 Å². The Kier molecular flexibility index (Phi) is 5.00. The Bertz CT molecular complexity index is 1290. The van der Waals surface area contributed by atoms with Crippen LogP contribution in [-0.4, -0.2) is 30.8 Å². The number of nitrogens with one attached hydrogen (secondary N) is 1. The zero-order valence-corrected chi connectivity index (χ0v) is 18.7. The monoisotopic (exact) mass is 430 g/mol. The SMILES string of the molecule is Cc1nn(C)c2nc(-c3ccccc3)cc(C(=O)NC(c3nc(C4CC4)no3)C(C)C)c12. The predicted molar refractivity (Wildman–Crippen MR) is 120 cm³/mol. The van der Waals surface area contributed by atoms with Crippen LogP contribution in [0, 0.1) is 12.8 Å². The number of carbonyl (C=O) groups is 1. The summed E-state index contributed by atoms with van der Waals surface area (Å²) in [6.45, 7) is 5.94. The molecule has 1 fully saturated rings. The first kappa shape index (κ1) is 20.4. The molecule has 1 aromatic carbocycles. The van der Waals surface area contributed by atoms with E-state index in [4.69, 9.17) is 9.51 Å². The van der Waals surface area contributed by atoms with Crippen molar-refractivity contribution < 1.29 is 9.32 Å². The van der Waals surface area contributed by atoms with Gasteiger partial charge in [-0.25, -0.2) is 4.98 Å². The summed E-state index contributed by atoms with van der Waals surface area (Å²) in [6.07, 6.45) is 2.18. The van der Waals surface area contributed by atoms with Crippen LogP contribution in [0.25, 0.3) is 22.3 Å². The quantitative estimate of drug-likeness (QED) is 0.489. The molecule has 1 atom stereocenters. The van der Waals surface area contributed by atoms with E-state index in [9.17, 15) is 4.79 Å². The largest absolute Gasteiger partial charge is 0.340 e. The fraction of sp³-hybridized carbons (Fsp3) is 0.375. The van der Waals surface area contributed by atoms with Crippen LogP contribution < -0.4 is 5.32 Å². The van der Waals surface area contributed by atoms with Crippen molar-refractivity contribution in [2.24, 2.45) is 13.0 Å². The summed E-state index contributed by atoms with van der Waals surface area (Å²) in [5, 5.41) is 12.5. The molecular formula is C24H26N6O2. The Morgan fingerprint density at radius 2 is 1.94 bits per heavy atom. The average molecular weight is 431 g/mol. The lowest BCUT2D eigenvalue weighted by Gasteiger charge is -2.19. The van der Waals surface area contributed by atoms with Crippen LogP contribution in [0.5, 0.6) is 0 Å². The summed E-state index contributed by atoms with van der Waals surface area (Å²) < 4.78 is 7.25. The van der Waals surface area contributed by atoms with Crippen LogP contribution in [0.15, 0.2) is 40.9 Å². The van der Waals surface area contributed by atoms with E-state index < -0.39 is 0 Å². The number of carbonyl (C=O) groups excluding carboxylic acids is 1. The van der Waals surface area contributed by atoms with Gasteiger partial charge in [0, 0.05) is 18.5 Å². The molecule has 3 heterocycles. The highest BCUT2D eigenvalue weighted by molar-refractivity contribution is 6.07. The Morgan fingerprint density at radius 1 is 1.19 bits per heavy atom. The molecular weight excluding hydrogens is 404 g/mol. The summed E-state index contributed by atoms with van der Waals surface area (Å²) in [5.41, 5.74) is 3.63. The molecule has 8 heteroatoms. The van der Waals surface area contributed by atoms with Crippen molar-refractivity contribution >= 4 is 16.9 Å². The molecule has 8 nitrogen and oxygen atoms in total. The summed E-state index contributed by atoms with van der Waals surface area (Å²) in [5.74, 6) is 1.44. The van der Waals surface area contributed by atoms with Crippen LogP contribution in [-0.2, 0) is 7.05 Å². The highest BCUT2D eigenvalue weighted by Gasteiger charge is 2.32. The van der Waals surface area contributed by atoms with E-state index in [2.05, 4.69) is 20.6 Å². The first-order chi connectivity index (χ1) is 15.4. The molecule has 32 heavy (non-hydrogen) atoms. The van der Waals surface area contributed by atoms with Gasteiger partial charge in [0.15, 0.2) is 11.5 Å². The zero-order chi connectivity index (χ0) is 22.4. The lowest BCUT2D eigenvalue weighted by molar-refractivity contribution is 0.0915. The van der Waals surface area contributed by atoms with E-state index >= 15 is 0 Å². The minimum atomic E-state index is -0.386. The van der Waals surface area contributed by atoms with Crippen LogP contribution in [0.1, 0.15) is 66.4 Å². The van der Waals surface area contributed by atoms with Crippen LogP contribution in [0.3, 0.4) is 0 Å². The van der Waals surface area contributed by atoms with E-state index in [1.807, 2.05) is 64.2 Å². The van der Waals surface area contributed by atoms with Gasteiger partial charge < -0.3 is 9.84 Å². The standard InChI is InChI=1S/C24H26N6O2/c1-13(2)20(24-27-21(29-32-24)16-10-11-16)26-23(31)17-12-18(15-8-6-5-7-9-15)25-22-19(17)14(3)28-30(22)4/h5-9,12-13,16,20H,10-11H2,1-4H3,(H,26,31). The molecule has 1 saturated carbocycles. The molecule has 0 spiro atoms. The van der Waals surface area contributed by atoms with Gasteiger partial charge in [-0.2, -0.15) is 10.1 Å². The van der Waals surface area contributed by atoms with Crippen molar-refractivity contribution in [2.75, 3.05) is 0 Å². The molecule has 1 aliphatic rings. The van der Waals surface area contributed by atoms with Crippen molar-refractivity contribution in [3.63, 3.8) is 0 Å². The fourth-order valence-electron chi connectivity index (χ4n) is 3.99. The van der Waals surface area contributed by atoms with E-state index in [0.717, 1.165) is 41.0 Å². The molecule has 1 N–H and O–H groups in total. The average Bonchev–Trinajstić information content (AvgIpc) is 3.46. The second-order valence-electron chi connectivity index (χ2n) is 8.79. The smallest absolute Gasteiger partial charge is 0.252 e. The van der Waals surface area contributed by atoms with Crippen molar-refractivity contribution in [2.45, 2.75) is 45.6 Å². The number of aryl methyl sites for hydroxylation is 2. The molecule has 1 aliphatic carbocycles. The number of hydrogen-bond acceptors (Lipinski definition) is 6. The van der Waals surface area contributed by atoms with E-state index in [1.165, 1.54) is 0 Å². The number of amides is 1. The molecule has 5 rings (SSSR count). The highest BCUT2D eigenvalue weighted by Crippen LogP contribution is 2.39. The summed E-state index contributed by atoms with van der Waals surface area (Å²) in [7, 11) is 1.84. The number of hydrogen-bond donors (Lipinski definition) is 1. The normalized spacial score (nSPS) is 14.8. The predicted octanol–water partition coefficient (Wildman–Crippen LogP) is 4.33. The Balaban J connectivity index is 1.55. The van der Waals surface area contributed by atoms with Crippen molar-refractivity contribution in [1.29, 1.82) is 0 Å². The van der Waals surface area contributed by atoms with Gasteiger partial charge in [-0.3, -0.25) is 9.48 Å². The van der Waals surface area contributed by atoms with Gasteiger partial charge in [0.05, 0.1) is 22.3 Å². The molecule has 0 saturated heterocycles. The molecule has 3 aromatic heterocycles. The molecule has 0 aliphatic heterocycles. The number of aromatic nitrogens is 5. The summed E-state index contributed by atoms with van der Waals surface area (Å²) >= 11 is 0. The Hall–Kier alpha value is -3.55. The first-order valence-electron chi connectivity index (χ1n) is 11.0. The second kappa shape index (κ2) is 7.85. The third-order valence-electron chi connectivity index (χ3n) is 5.90. The lowest BCUT2D eigenvalue weighted by atomic mass is 10.0. The second-order valence-corrected chi connectivity index (χ2v) is 8.79. The van der Waals surface area contributed by atoms with Gasteiger partial charge in [0.1, 0.15) is 6.04 Å². The van der Waals surface area contributed by atoms with Crippen molar-refractivity contribution in [3.8, 4) is 11.3 Å². The maximum Gasteiger partial charge on any atom is 0.252 e. The fourth-order valence-corrected chi connectivity index (χ4v) is 3.99. The minimum Gasteiger partial charge on any atom is -0.340 e. The Labute approximate surface area is 186 Å². The van der Waals surface area contributed by atoms with Crippen LogP contribution in [0.4, 0.5) is 0 Å². The third kappa shape index (κ3) is 3.66. The van der Waals surface area contributed by atoms with Gasteiger partial charge in [0.2, 0.25) is 5.89 Å². The van der Waals surface area contributed by atoms with Gasteiger partial charge in [-0.05, 0) is 31.7 Å². The molecule has 0 bridgehead atoms. The molecule has 1 unspecified atom stereocenters. The van der Waals surface area contributed by atoms with Gasteiger partial charge >= 0.3 is 0 Å². The number of rotatable bonds is 6. The van der Waals surface area contributed by atoms with Crippen molar-refractivity contribution in [1.82, 2.24) is 30.2 Å². The maximum absolute atomic E-state index is 13.6. The number of fused-ring (bicyclic) bond motifs is 1. The van der Waals surface area contributed by atoms with Crippen LogP contribution >= 0.6 is 0 Å². The molecule has 0 radical (unpaired) electrons. The van der Waals surface area contributed by atoms with E-state index in [0.29, 0.717) is 23.0 Å². The van der Waals surface area contributed by atoms with Gasteiger partial charge in [-0.1, -0.05) is 49.3 Å². The summed E-state index contributed by atoms with van der Waals surface area (Å²) in [6, 6.07) is 11.3. The molecule has 4 aromatic rings. The van der Waals surface area contributed by atoms with Crippen molar-refractivity contribution in [3.05, 3.63) is 59.4 Å². The summed E-state index contributed by atoms with van der Waals surface area (Å²) in [4.78, 5) is 22.9. The topological polar surface area (TPSA) is 98.7 Å². The molecule has 1 amide bonds. The van der Waals surface area contributed by atoms with Gasteiger partial charge in [-0.15, -0.1) is 0 Å². The highest BCUT2D eigenvalue weighted by atomic mass is 16.5. The zero-order valence-electron chi connectivity index (χ0n) is 18.7. The number of pyridine rings is 1. The van der Waals surface area contributed by atoms with E-state index in [-0.39, 0.29) is 17.9 Å². The first-order valence-corrected chi connectivity index (χ1v) is 11.0. The third-order valence-corrected chi connectivity index (χ3v) is 5.90.